The minimum atomic E-state index is -0.0571. The fourth-order valence-electron chi connectivity index (χ4n) is 1.79. The van der Waals surface area contributed by atoms with E-state index >= 15 is 0 Å². The molecule has 0 spiro atoms. The highest BCUT2D eigenvalue weighted by atomic mass is 16.5. The fraction of sp³-hybridized carbons (Fsp3) is 0.312. The van der Waals surface area contributed by atoms with Crippen LogP contribution in [0, 0.1) is 0 Å². The van der Waals surface area contributed by atoms with E-state index in [1.807, 2.05) is 31.2 Å². The van der Waals surface area contributed by atoms with Gasteiger partial charge in [0.2, 0.25) is 0 Å². The van der Waals surface area contributed by atoms with Crippen LogP contribution in [0.15, 0.2) is 42.6 Å². The van der Waals surface area contributed by atoms with Gasteiger partial charge in [-0.25, -0.2) is 0 Å². The summed E-state index contributed by atoms with van der Waals surface area (Å²) in [6.45, 7) is 6.24. The Morgan fingerprint density at radius 1 is 1.05 bits per heavy atom. The van der Waals surface area contributed by atoms with Crippen molar-refractivity contribution in [1.82, 2.24) is 4.98 Å². The summed E-state index contributed by atoms with van der Waals surface area (Å²) >= 11 is 0. The third-order valence-corrected chi connectivity index (χ3v) is 2.99. The average molecular weight is 256 g/mol. The Kier molecular flexibility index (Phi) is 4.17. The molecule has 1 heterocycles. The minimum Gasteiger partial charge on any atom is -0.456 e. The summed E-state index contributed by atoms with van der Waals surface area (Å²) in [4.78, 5) is 4.28. The fourth-order valence-corrected chi connectivity index (χ4v) is 1.79. The quantitative estimate of drug-likeness (QED) is 0.898. The molecule has 0 aliphatic heterocycles. The first kappa shape index (κ1) is 13.6. The van der Waals surface area contributed by atoms with E-state index in [2.05, 4.69) is 31.0 Å². The van der Waals surface area contributed by atoms with Crippen LogP contribution in [0.1, 0.15) is 44.0 Å². The third kappa shape index (κ3) is 3.55. The Morgan fingerprint density at radius 2 is 1.84 bits per heavy atom. The lowest BCUT2D eigenvalue weighted by molar-refractivity contribution is 0.478. The van der Waals surface area contributed by atoms with Gasteiger partial charge in [-0.15, -0.1) is 0 Å². The highest BCUT2D eigenvalue weighted by Crippen LogP contribution is 2.25. The Hall–Kier alpha value is -1.87. The summed E-state index contributed by atoms with van der Waals surface area (Å²) in [5.41, 5.74) is 7.89. The average Bonchev–Trinajstić information content (AvgIpc) is 2.39. The van der Waals surface area contributed by atoms with Crippen LogP contribution >= 0.6 is 0 Å². The Bertz CT molecular complexity index is 533. The van der Waals surface area contributed by atoms with Crippen molar-refractivity contribution in [3.63, 3.8) is 0 Å². The van der Waals surface area contributed by atoms with Gasteiger partial charge in [-0.3, -0.25) is 4.98 Å². The van der Waals surface area contributed by atoms with Crippen molar-refractivity contribution < 1.29 is 4.74 Å². The molecule has 0 fully saturated rings. The SMILES string of the molecule is CC(C)c1cccc(Oc2ccc([C@H](C)N)nc2)c1. The van der Waals surface area contributed by atoms with E-state index in [-0.39, 0.29) is 6.04 Å². The lowest BCUT2D eigenvalue weighted by atomic mass is 10.0. The van der Waals surface area contributed by atoms with Crippen molar-refractivity contribution in [3.05, 3.63) is 53.9 Å². The molecule has 0 bridgehead atoms. The van der Waals surface area contributed by atoms with Crippen LogP contribution in [0.3, 0.4) is 0 Å². The van der Waals surface area contributed by atoms with Crippen molar-refractivity contribution in [1.29, 1.82) is 0 Å². The maximum atomic E-state index is 5.80. The highest BCUT2D eigenvalue weighted by Gasteiger charge is 2.04. The Labute approximate surface area is 114 Å². The van der Waals surface area contributed by atoms with Crippen LogP contribution in [0.25, 0.3) is 0 Å². The molecule has 0 aliphatic carbocycles. The number of hydrogen-bond acceptors (Lipinski definition) is 3. The van der Waals surface area contributed by atoms with Gasteiger partial charge < -0.3 is 10.5 Å². The van der Waals surface area contributed by atoms with E-state index < -0.39 is 0 Å². The predicted molar refractivity (Wildman–Crippen MR) is 77.4 cm³/mol. The van der Waals surface area contributed by atoms with E-state index in [0.717, 1.165) is 17.2 Å². The van der Waals surface area contributed by atoms with Gasteiger partial charge in [0.1, 0.15) is 11.5 Å². The molecule has 19 heavy (non-hydrogen) atoms. The molecule has 0 saturated heterocycles. The molecular formula is C16H20N2O. The van der Waals surface area contributed by atoms with Crippen LogP contribution in [0.4, 0.5) is 0 Å². The molecule has 1 aromatic carbocycles. The van der Waals surface area contributed by atoms with E-state index in [9.17, 15) is 0 Å². The first-order chi connectivity index (χ1) is 9.06. The summed E-state index contributed by atoms with van der Waals surface area (Å²) < 4.78 is 5.80. The summed E-state index contributed by atoms with van der Waals surface area (Å²) in [5, 5.41) is 0. The summed E-state index contributed by atoms with van der Waals surface area (Å²) in [5.74, 6) is 2.05. The number of hydrogen-bond donors (Lipinski definition) is 1. The smallest absolute Gasteiger partial charge is 0.145 e. The monoisotopic (exact) mass is 256 g/mol. The van der Waals surface area contributed by atoms with E-state index in [1.54, 1.807) is 6.20 Å². The molecule has 0 saturated carbocycles. The van der Waals surface area contributed by atoms with Gasteiger partial charge in [0, 0.05) is 6.04 Å². The first-order valence-corrected chi connectivity index (χ1v) is 6.55. The standard InChI is InChI=1S/C16H20N2O/c1-11(2)13-5-4-6-14(9-13)19-15-7-8-16(12(3)17)18-10-15/h4-12H,17H2,1-3H3/t12-/m0/s1. The van der Waals surface area contributed by atoms with Crippen molar-refractivity contribution in [2.45, 2.75) is 32.7 Å². The van der Waals surface area contributed by atoms with Gasteiger partial charge in [0.25, 0.3) is 0 Å². The number of pyridine rings is 1. The molecule has 2 aromatic rings. The molecule has 1 atom stereocenters. The molecule has 3 nitrogen and oxygen atoms in total. The number of ether oxygens (including phenoxy) is 1. The molecule has 0 unspecified atom stereocenters. The highest BCUT2D eigenvalue weighted by molar-refractivity contribution is 5.34. The number of benzene rings is 1. The number of nitrogens with two attached hydrogens (primary N) is 1. The van der Waals surface area contributed by atoms with Crippen molar-refractivity contribution in [2.24, 2.45) is 5.73 Å². The minimum absolute atomic E-state index is 0.0571. The van der Waals surface area contributed by atoms with Gasteiger partial charge in [-0.1, -0.05) is 26.0 Å². The van der Waals surface area contributed by atoms with Gasteiger partial charge in [-0.2, -0.15) is 0 Å². The van der Waals surface area contributed by atoms with E-state index in [0.29, 0.717) is 5.92 Å². The molecule has 0 radical (unpaired) electrons. The van der Waals surface area contributed by atoms with Crippen LogP contribution in [-0.4, -0.2) is 4.98 Å². The van der Waals surface area contributed by atoms with Crippen LogP contribution in [0.2, 0.25) is 0 Å². The van der Waals surface area contributed by atoms with Gasteiger partial charge in [0.15, 0.2) is 0 Å². The lowest BCUT2D eigenvalue weighted by Crippen LogP contribution is -2.06. The largest absolute Gasteiger partial charge is 0.456 e. The lowest BCUT2D eigenvalue weighted by Gasteiger charge is -2.10. The topological polar surface area (TPSA) is 48.1 Å². The first-order valence-electron chi connectivity index (χ1n) is 6.55. The van der Waals surface area contributed by atoms with E-state index in [4.69, 9.17) is 10.5 Å². The number of nitrogens with zero attached hydrogens (tertiary/aromatic N) is 1. The molecular weight excluding hydrogens is 236 g/mol. The van der Waals surface area contributed by atoms with Gasteiger partial charge >= 0.3 is 0 Å². The zero-order valence-electron chi connectivity index (χ0n) is 11.6. The molecule has 100 valence electrons. The Balaban J connectivity index is 2.14. The molecule has 3 heteroatoms. The number of aromatic nitrogens is 1. The molecule has 0 aliphatic rings. The molecule has 2 rings (SSSR count). The number of rotatable bonds is 4. The van der Waals surface area contributed by atoms with Gasteiger partial charge in [0.05, 0.1) is 11.9 Å². The predicted octanol–water partition coefficient (Wildman–Crippen LogP) is 4.02. The van der Waals surface area contributed by atoms with Crippen LogP contribution in [0.5, 0.6) is 11.5 Å². The van der Waals surface area contributed by atoms with Crippen molar-refractivity contribution in [3.8, 4) is 11.5 Å². The molecule has 2 N–H and O–H groups in total. The summed E-state index contributed by atoms with van der Waals surface area (Å²) in [7, 11) is 0. The third-order valence-electron chi connectivity index (χ3n) is 2.99. The van der Waals surface area contributed by atoms with Crippen molar-refractivity contribution in [2.75, 3.05) is 0 Å². The summed E-state index contributed by atoms with van der Waals surface area (Å²) in [6.07, 6.45) is 1.71. The van der Waals surface area contributed by atoms with Crippen molar-refractivity contribution >= 4 is 0 Å². The maximum Gasteiger partial charge on any atom is 0.145 e. The molecule has 1 aromatic heterocycles. The Morgan fingerprint density at radius 3 is 2.42 bits per heavy atom. The van der Waals surface area contributed by atoms with Crippen LogP contribution < -0.4 is 10.5 Å². The second-order valence-corrected chi connectivity index (χ2v) is 5.04. The maximum absolute atomic E-state index is 5.80. The second-order valence-electron chi connectivity index (χ2n) is 5.04. The summed E-state index contributed by atoms with van der Waals surface area (Å²) in [6, 6.07) is 11.9. The zero-order chi connectivity index (χ0) is 13.8. The van der Waals surface area contributed by atoms with E-state index in [1.165, 1.54) is 5.56 Å². The molecule has 0 amide bonds. The zero-order valence-corrected chi connectivity index (χ0v) is 11.6. The van der Waals surface area contributed by atoms with Crippen LogP contribution in [-0.2, 0) is 0 Å². The second kappa shape index (κ2) is 5.85. The van der Waals surface area contributed by atoms with Gasteiger partial charge in [-0.05, 0) is 42.7 Å². The normalized spacial score (nSPS) is 12.5.